The molecule has 0 radical (unpaired) electrons. The molecule has 0 spiro atoms. The molecule has 0 saturated carbocycles. The molecule has 5 heteroatoms. The van der Waals surface area contributed by atoms with Crippen LogP contribution in [0.2, 0.25) is 5.02 Å². The largest absolute Gasteiger partial charge is 0.361 e. The van der Waals surface area contributed by atoms with E-state index in [1.54, 1.807) is 17.0 Å². The molecule has 0 aliphatic carbocycles. The summed E-state index contributed by atoms with van der Waals surface area (Å²) in [5.41, 5.74) is 3.38. The molecule has 0 aromatic heterocycles. The van der Waals surface area contributed by atoms with Gasteiger partial charge in [-0.05, 0) is 76.7 Å². The number of nitrogens with zero attached hydrogens (tertiary/aromatic N) is 1. The van der Waals surface area contributed by atoms with Crippen LogP contribution >= 0.6 is 34.2 Å². The Hall–Kier alpha value is -2.31. The Morgan fingerprint density at radius 3 is 2.48 bits per heavy atom. The van der Waals surface area contributed by atoms with Gasteiger partial charge in [-0.2, -0.15) is 0 Å². The Labute approximate surface area is 176 Å². The second-order valence-electron chi connectivity index (χ2n) is 6.20. The van der Waals surface area contributed by atoms with Gasteiger partial charge in [-0.15, -0.1) is 0 Å². The van der Waals surface area contributed by atoms with Gasteiger partial charge in [0.2, 0.25) is 0 Å². The molecule has 3 aromatic rings. The van der Waals surface area contributed by atoms with Crippen LogP contribution in [0.5, 0.6) is 0 Å². The molecule has 1 heterocycles. The van der Waals surface area contributed by atoms with E-state index in [0.717, 1.165) is 20.5 Å². The van der Waals surface area contributed by atoms with Crippen molar-refractivity contribution in [1.29, 1.82) is 0 Å². The number of carbonyl (C=O) groups is 1. The van der Waals surface area contributed by atoms with Crippen LogP contribution < -0.4 is 10.2 Å². The lowest BCUT2D eigenvalue weighted by Gasteiger charge is -2.36. The molecule has 1 aliphatic heterocycles. The van der Waals surface area contributed by atoms with Crippen molar-refractivity contribution < 1.29 is 4.79 Å². The number of carbonyl (C=O) groups excluding carboxylic acids is 1. The fourth-order valence-electron chi connectivity index (χ4n) is 3.08. The molecule has 0 fully saturated rings. The molecule has 0 unspecified atom stereocenters. The van der Waals surface area contributed by atoms with Gasteiger partial charge < -0.3 is 5.32 Å². The van der Waals surface area contributed by atoms with Gasteiger partial charge in [0.15, 0.2) is 0 Å². The summed E-state index contributed by atoms with van der Waals surface area (Å²) in [5, 5.41) is 4.11. The van der Waals surface area contributed by atoms with E-state index in [4.69, 9.17) is 11.6 Å². The minimum absolute atomic E-state index is 0.0349. The van der Waals surface area contributed by atoms with Crippen molar-refractivity contribution >= 4 is 57.5 Å². The number of nitrogens with one attached hydrogen (secondary N) is 1. The van der Waals surface area contributed by atoms with Crippen LogP contribution in [0, 0.1) is 3.57 Å². The first-order chi connectivity index (χ1) is 13.1. The van der Waals surface area contributed by atoms with E-state index in [0.29, 0.717) is 10.6 Å². The number of amides is 1. The summed E-state index contributed by atoms with van der Waals surface area (Å²) >= 11 is 8.25. The third kappa shape index (κ3) is 3.87. The Balaban J connectivity index is 1.76. The van der Waals surface area contributed by atoms with Crippen LogP contribution in [-0.4, -0.2) is 12.1 Å². The zero-order valence-corrected chi connectivity index (χ0v) is 17.2. The van der Waals surface area contributed by atoms with E-state index in [1.807, 2.05) is 72.8 Å². The standard InChI is InChI=1S/C22H16ClIN2O/c23-16-7-10-18(11-8-16)26-21(13-6-15-4-2-1-3-5-15)25-20-12-9-17(24)14-19(20)22(26)27/h1-14,21,25H/b13-6+/t21-/m1/s1. The van der Waals surface area contributed by atoms with Crippen molar-refractivity contribution in [1.82, 2.24) is 0 Å². The number of hydrogen-bond donors (Lipinski definition) is 1. The van der Waals surface area contributed by atoms with Crippen molar-refractivity contribution in [2.45, 2.75) is 6.17 Å². The molecular weight excluding hydrogens is 471 g/mol. The second-order valence-corrected chi connectivity index (χ2v) is 7.88. The average Bonchev–Trinajstić information content (AvgIpc) is 2.69. The molecule has 1 amide bonds. The predicted molar refractivity (Wildman–Crippen MR) is 120 cm³/mol. The Morgan fingerprint density at radius 1 is 1.00 bits per heavy atom. The molecule has 0 saturated heterocycles. The van der Waals surface area contributed by atoms with Crippen LogP contribution in [0.15, 0.2) is 78.9 Å². The highest BCUT2D eigenvalue weighted by molar-refractivity contribution is 14.1. The lowest BCUT2D eigenvalue weighted by molar-refractivity contribution is 0.0980. The summed E-state index contributed by atoms with van der Waals surface area (Å²) < 4.78 is 1.02. The molecule has 0 bridgehead atoms. The first kappa shape index (κ1) is 18.1. The highest BCUT2D eigenvalue weighted by atomic mass is 127. The Kier molecular flexibility index (Phi) is 5.18. The number of rotatable bonds is 3. The van der Waals surface area contributed by atoms with Crippen molar-refractivity contribution in [2.24, 2.45) is 0 Å². The first-order valence-corrected chi connectivity index (χ1v) is 9.96. The lowest BCUT2D eigenvalue weighted by Crippen LogP contribution is -2.48. The van der Waals surface area contributed by atoms with Gasteiger partial charge in [0, 0.05) is 20.0 Å². The van der Waals surface area contributed by atoms with Gasteiger partial charge in [0.05, 0.1) is 5.56 Å². The van der Waals surface area contributed by atoms with Crippen molar-refractivity contribution in [2.75, 3.05) is 10.2 Å². The number of halogens is 2. The van der Waals surface area contributed by atoms with Gasteiger partial charge in [-0.3, -0.25) is 9.69 Å². The molecule has 3 aromatic carbocycles. The summed E-state index contributed by atoms with van der Waals surface area (Å²) in [4.78, 5) is 15.0. The van der Waals surface area contributed by atoms with E-state index in [9.17, 15) is 4.79 Å². The third-order valence-electron chi connectivity index (χ3n) is 4.39. The highest BCUT2D eigenvalue weighted by Crippen LogP contribution is 2.32. The van der Waals surface area contributed by atoms with Gasteiger partial charge in [-0.25, -0.2) is 0 Å². The number of anilines is 2. The van der Waals surface area contributed by atoms with Crippen LogP contribution in [0.3, 0.4) is 0 Å². The SMILES string of the molecule is O=C1c2cc(I)ccc2N[C@@H](/C=C/c2ccccc2)N1c1ccc(Cl)cc1. The van der Waals surface area contributed by atoms with E-state index >= 15 is 0 Å². The van der Waals surface area contributed by atoms with Crippen LogP contribution in [0.25, 0.3) is 6.08 Å². The van der Waals surface area contributed by atoms with Crippen LogP contribution in [0.4, 0.5) is 11.4 Å². The maximum Gasteiger partial charge on any atom is 0.262 e. The first-order valence-electron chi connectivity index (χ1n) is 8.50. The summed E-state index contributed by atoms with van der Waals surface area (Å²) in [6, 6.07) is 23.2. The molecule has 1 atom stereocenters. The number of hydrogen-bond acceptors (Lipinski definition) is 2. The van der Waals surface area contributed by atoms with Gasteiger partial charge in [0.1, 0.15) is 6.17 Å². The predicted octanol–water partition coefficient (Wildman–Crippen LogP) is 6.06. The molecule has 4 rings (SSSR count). The third-order valence-corrected chi connectivity index (χ3v) is 5.31. The summed E-state index contributed by atoms with van der Waals surface area (Å²) in [6.45, 7) is 0. The topological polar surface area (TPSA) is 32.3 Å². The monoisotopic (exact) mass is 486 g/mol. The quantitative estimate of drug-likeness (QED) is 0.457. The summed E-state index contributed by atoms with van der Waals surface area (Å²) in [5.74, 6) is -0.0349. The maximum absolute atomic E-state index is 13.3. The van der Waals surface area contributed by atoms with Gasteiger partial charge >= 0.3 is 0 Å². The number of benzene rings is 3. The molecule has 3 nitrogen and oxygen atoms in total. The summed E-state index contributed by atoms with van der Waals surface area (Å²) in [6.07, 6.45) is 3.72. The highest BCUT2D eigenvalue weighted by Gasteiger charge is 2.31. The molecule has 134 valence electrons. The second kappa shape index (κ2) is 7.74. The van der Waals surface area contributed by atoms with E-state index in [1.165, 1.54) is 0 Å². The van der Waals surface area contributed by atoms with Crippen molar-refractivity contribution in [3.8, 4) is 0 Å². The molecule has 27 heavy (non-hydrogen) atoms. The average molecular weight is 487 g/mol. The minimum atomic E-state index is -0.300. The van der Waals surface area contributed by atoms with Gasteiger partial charge in [-0.1, -0.05) is 48.0 Å². The zero-order valence-electron chi connectivity index (χ0n) is 14.3. The Bertz CT molecular complexity index is 1000. The van der Waals surface area contributed by atoms with Crippen molar-refractivity contribution in [3.63, 3.8) is 0 Å². The smallest absolute Gasteiger partial charge is 0.262 e. The summed E-state index contributed by atoms with van der Waals surface area (Å²) in [7, 11) is 0. The fourth-order valence-corrected chi connectivity index (χ4v) is 3.70. The minimum Gasteiger partial charge on any atom is -0.361 e. The molecule has 1 aliphatic rings. The number of fused-ring (bicyclic) bond motifs is 1. The van der Waals surface area contributed by atoms with E-state index < -0.39 is 0 Å². The van der Waals surface area contributed by atoms with Crippen molar-refractivity contribution in [3.05, 3.63) is 98.6 Å². The van der Waals surface area contributed by atoms with Gasteiger partial charge in [0.25, 0.3) is 5.91 Å². The molecular formula is C22H16ClIN2O. The fraction of sp³-hybridized carbons (Fsp3) is 0.0455. The van der Waals surface area contributed by atoms with Crippen LogP contribution in [0.1, 0.15) is 15.9 Å². The maximum atomic E-state index is 13.3. The zero-order chi connectivity index (χ0) is 18.8. The Morgan fingerprint density at radius 2 is 1.74 bits per heavy atom. The van der Waals surface area contributed by atoms with E-state index in [2.05, 4.69) is 27.9 Å². The van der Waals surface area contributed by atoms with E-state index in [-0.39, 0.29) is 12.1 Å². The lowest BCUT2D eigenvalue weighted by atomic mass is 10.1. The molecule has 1 N–H and O–H groups in total. The normalized spacial score (nSPS) is 16.3. The van der Waals surface area contributed by atoms with Crippen LogP contribution in [-0.2, 0) is 0 Å².